The first-order chi connectivity index (χ1) is 9.13. The number of nitrogen functional groups attached to an aromatic ring is 1. The van der Waals surface area contributed by atoms with Crippen molar-refractivity contribution in [3.05, 3.63) is 53.1 Å². The second-order valence-electron chi connectivity index (χ2n) is 4.06. The van der Waals surface area contributed by atoms with Crippen LogP contribution in [0.4, 0.5) is 5.69 Å². The van der Waals surface area contributed by atoms with Gasteiger partial charge in [-0.3, -0.25) is 0 Å². The summed E-state index contributed by atoms with van der Waals surface area (Å²) in [6, 6.07) is 14.1. The number of benzene rings is 2. The van der Waals surface area contributed by atoms with Gasteiger partial charge in [0, 0.05) is 5.69 Å². The average molecular weight is 249 g/mol. The van der Waals surface area contributed by atoms with Crippen LogP contribution in [0, 0.1) is 29.6 Å². The summed E-state index contributed by atoms with van der Waals surface area (Å²) in [5.41, 5.74) is 7.92. The summed E-state index contributed by atoms with van der Waals surface area (Å²) in [5.74, 6) is 1.06. The molecule has 0 bridgehead atoms. The lowest BCUT2D eigenvalue weighted by Gasteiger charge is -2.10. The first kappa shape index (κ1) is 12.5. The molecule has 2 N–H and O–H groups in total. The van der Waals surface area contributed by atoms with Crippen LogP contribution in [0.5, 0.6) is 11.5 Å². The van der Waals surface area contributed by atoms with Gasteiger partial charge in [0.25, 0.3) is 0 Å². The Bertz CT molecular complexity index is 708. The number of aryl methyl sites for hydroxylation is 1. The van der Waals surface area contributed by atoms with Gasteiger partial charge in [-0.25, -0.2) is 0 Å². The molecule has 0 atom stereocenters. The number of nitriles is 2. The molecule has 0 radical (unpaired) electrons. The number of hydrogen-bond donors (Lipinski definition) is 1. The highest BCUT2D eigenvalue weighted by Gasteiger charge is 2.07. The van der Waals surface area contributed by atoms with Gasteiger partial charge < -0.3 is 10.5 Å². The van der Waals surface area contributed by atoms with Gasteiger partial charge in [-0.1, -0.05) is 0 Å². The van der Waals surface area contributed by atoms with E-state index in [1.807, 2.05) is 13.0 Å². The molecule has 2 aromatic rings. The number of rotatable bonds is 2. The predicted octanol–water partition coefficient (Wildman–Crippen LogP) is 3.11. The summed E-state index contributed by atoms with van der Waals surface area (Å²) < 4.78 is 5.70. The van der Waals surface area contributed by atoms with Crippen molar-refractivity contribution in [1.82, 2.24) is 0 Å². The van der Waals surface area contributed by atoms with Crippen molar-refractivity contribution < 1.29 is 4.74 Å². The summed E-state index contributed by atoms with van der Waals surface area (Å²) in [7, 11) is 0. The highest BCUT2D eigenvalue weighted by molar-refractivity contribution is 5.55. The quantitative estimate of drug-likeness (QED) is 0.829. The fourth-order valence-electron chi connectivity index (χ4n) is 1.68. The number of nitrogens with two attached hydrogens (primary N) is 1. The lowest BCUT2D eigenvalue weighted by atomic mass is 10.1. The monoisotopic (exact) mass is 249 g/mol. The van der Waals surface area contributed by atoms with E-state index in [4.69, 9.17) is 21.0 Å². The van der Waals surface area contributed by atoms with E-state index >= 15 is 0 Å². The topological polar surface area (TPSA) is 82.8 Å². The molecule has 0 aliphatic rings. The van der Waals surface area contributed by atoms with Gasteiger partial charge in [0.1, 0.15) is 17.6 Å². The highest BCUT2D eigenvalue weighted by atomic mass is 16.5. The number of ether oxygens (including phenoxy) is 1. The number of anilines is 1. The molecular formula is C15H11N3O. The molecule has 0 amide bonds. The Labute approximate surface area is 111 Å². The van der Waals surface area contributed by atoms with Gasteiger partial charge in [0.2, 0.25) is 0 Å². The van der Waals surface area contributed by atoms with E-state index in [0.29, 0.717) is 28.3 Å². The Hall–Kier alpha value is -2.98. The van der Waals surface area contributed by atoms with Crippen molar-refractivity contribution in [2.45, 2.75) is 6.92 Å². The summed E-state index contributed by atoms with van der Waals surface area (Å²) in [6.07, 6.45) is 0. The second-order valence-corrected chi connectivity index (χ2v) is 4.06. The second kappa shape index (κ2) is 5.12. The van der Waals surface area contributed by atoms with Crippen LogP contribution in [-0.2, 0) is 0 Å². The molecule has 0 saturated carbocycles. The standard InChI is InChI=1S/C15H11N3O/c1-10-6-11(8-16)2-4-14(10)19-15-5-3-13(18)7-12(15)9-17/h2-7H,18H2,1H3. The van der Waals surface area contributed by atoms with Crippen LogP contribution < -0.4 is 10.5 Å². The normalized spacial score (nSPS) is 9.42. The third kappa shape index (κ3) is 2.65. The van der Waals surface area contributed by atoms with Crippen molar-refractivity contribution in [1.29, 1.82) is 10.5 Å². The molecule has 4 heteroatoms. The van der Waals surface area contributed by atoms with Crippen LogP contribution in [-0.4, -0.2) is 0 Å². The third-order valence-corrected chi connectivity index (χ3v) is 2.65. The minimum absolute atomic E-state index is 0.378. The summed E-state index contributed by atoms with van der Waals surface area (Å²) >= 11 is 0. The first-order valence-electron chi connectivity index (χ1n) is 5.62. The van der Waals surface area contributed by atoms with Crippen molar-refractivity contribution in [3.63, 3.8) is 0 Å². The van der Waals surface area contributed by atoms with Crippen molar-refractivity contribution in [3.8, 4) is 23.6 Å². The minimum Gasteiger partial charge on any atom is -0.456 e. The largest absolute Gasteiger partial charge is 0.456 e. The van der Waals surface area contributed by atoms with Gasteiger partial charge in [0.15, 0.2) is 0 Å². The van der Waals surface area contributed by atoms with E-state index in [1.165, 1.54) is 0 Å². The SMILES string of the molecule is Cc1cc(C#N)ccc1Oc1ccc(N)cc1C#N. The Balaban J connectivity index is 2.37. The maximum Gasteiger partial charge on any atom is 0.145 e. The van der Waals surface area contributed by atoms with Crippen LogP contribution in [0.15, 0.2) is 36.4 Å². The average Bonchev–Trinajstić information content (AvgIpc) is 2.42. The molecule has 0 aromatic heterocycles. The van der Waals surface area contributed by atoms with Gasteiger partial charge in [0.05, 0.1) is 17.2 Å². The fourth-order valence-corrected chi connectivity index (χ4v) is 1.68. The maximum atomic E-state index is 9.04. The molecule has 19 heavy (non-hydrogen) atoms. The van der Waals surface area contributed by atoms with E-state index in [0.717, 1.165) is 5.56 Å². The van der Waals surface area contributed by atoms with Gasteiger partial charge >= 0.3 is 0 Å². The number of hydrogen-bond acceptors (Lipinski definition) is 4. The van der Waals surface area contributed by atoms with Crippen LogP contribution in [0.3, 0.4) is 0 Å². The van der Waals surface area contributed by atoms with Crippen LogP contribution in [0.25, 0.3) is 0 Å². The van der Waals surface area contributed by atoms with E-state index in [-0.39, 0.29) is 0 Å². The zero-order valence-corrected chi connectivity index (χ0v) is 10.3. The molecule has 0 aliphatic heterocycles. The third-order valence-electron chi connectivity index (χ3n) is 2.65. The summed E-state index contributed by atoms with van der Waals surface area (Å²) in [5, 5.41) is 17.9. The van der Waals surface area contributed by atoms with Gasteiger partial charge in [-0.15, -0.1) is 0 Å². The fraction of sp³-hybridized carbons (Fsp3) is 0.0667. The van der Waals surface area contributed by atoms with Crippen molar-refractivity contribution in [2.75, 3.05) is 5.73 Å². The van der Waals surface area contributed by atoms with E-state index in [2.05, 4.69) is 6.07 Å². The van der Waals surface area contributed by atoms with Crippen molar-refractivity contribution >= 4 is 5.69 Å². The van der Waals surface area contributed by atoms with Crippen LogP contribution >= 0.6 is 0 Å². The molecule has 2 aromatic carbocycles. The Morgan fingerprint density at radius 3 is 2.37 bits per heavy atom. The maximum absolute atomic E-state index is 9.04. The number of nitrogens with zero attached hydrogens (tertiary/aromatic N) is 2. The van der Waals surface area contributed by atoms with E-state index in [1.54, 1.807) is 36.4 Å². The molecule has 0 heterocycles. The zero-order chi connectivity index (χ0) is 13.8. The lowest BCUT2D eigenvalue weighted by Crippen LogP contribution is -1.93. The Morgan fingerprint density at radius 2 is 1.74 bits per heavy atom. The molecule has 0 fully saturated rings. The molecule has 0 spiro atoms. The van der Waals surface area contributed by atoms with Crippen LogP contribution in [0.2, 0.25) is 0 Å². The van der Waals surface area contributed by atoms with E-state index in [9.17, 15) is 0 Å². The van der Waals surface area contributed by atoms with E-state index < -0.39 is 0 Å². The van der Waals surface area contributed by atoms with Crippen molar-refractivity contribution in [2.24, 2.45) is 0 Å². The Kier molecular flexibility index (Phi) is 3.36. The minimum atomic E-state index is 0.378. The lowest BCUT2D eigenvalue weighted by molar-refractivity contribution is 0.477. The molecule has 0 saturated heterocycles. The first-order valence-corrected chi connectivity index (χ1v) is 5.62. The summed E-state index contributed by atoms with van der Waals surface area (Å²) in [6.45, 7) is 1.85. The molecule has 2 rings (SSSR count). The predicted molar refractivity (Wildman–Crippen MR) is 71.5 cm³/mol. The van der Waals surface area contributed by atoms with Crippen LogP contribution in [0.1, 0.15) is 16.7 Å². The van der Waals surface area contributed by atoms with Gasteiger partial charge in [-0.05, 0) is 48.9 Å². The molecule has 92 valence electrons. The smallest absolute Gasteiger partial charge is 0.145 e. The Morgan fingerprint density at radius 1 is 1.00 bits per heavy atom. The molecular weight excluding hydrogens is 238 g/mol. The van der Waals surface area contributed by atoms with Gasteiger partial charge in [-0.2, -0.15) is 10.5 Å². The molecule has 0 unspecified atom stereocenters. The zero-order valence-electron chi connectivity index (χ0n) is 10.3. The molecule has 4 nitrogen and oxygen atoms in total. The summed E-state index contributed by atoms with van der Waals surface area (Å²) in [4.78, 5) is 0. The molecule has 0 aliphatic carbocycles. The highest BCUT2D eigenvalue weighted by Crippen LogP contribution is 2.29.